The lowest BCUT2D eigenvalue weighted by Gasteiger charge is -2.14. The first kappa shape index (κ1) is 15.4. The Kier molecular flexibility index (Phi) is 3.88. The molecular weight excluding hydrogens is 317 g/mol. The van der Waals surface area contributed by atoms with Crippen molar-refractivity contribution in [3.8, 4) is 11.3 Å². The number of hydrogen-bond donors (Lipinski definition) is 2. The third-order valence-corrected chi connectivity index (χ3v) is 4.94. The molecular formula is C17H17F3N4. The zero-order valence-electron chi connectivity index (χ0n) is 12.9. The number of fused-ring (bicyclic) bond motifs is 1. The third kappa shape index (κ3) is 2.84. The molecule has 0 unspecified atom stereocenters. The summed E-state index contributed by atoms with van der Waals surface area (Å²) in [6.45, 7) is 2.13. The molecule has 0 radical (unpaired) electrons. The first-order valence-electron chi connectivity index (χ1n) is 8.06. The van der Waals surface area contributed by atoms with Gasteiger partial charge in [0.05, 0.1) is 5.69 Å². The van der Waals surface area contributed by atoms with E-state index < -0.39 is 17.5 Å². The summed E-state index contributed by atoms with van der Waals surface area (Å²) in [6.07, 6.45) is 2.18. The van der Waals surface area contributed by atoms with E-state index in [0.717, 1.165) is 32.0 Å². The maximum atomic E-state index is 13.8. The van der Waals surface area contributed by atoms with Crippen LogP contribution in [0.3, 0.4) is 0 Å². The van der Waals surface area contributed by atoms with Gasteiger partial charge in [-0.2, -0.15) is 0 Å². The van der Waals surface area contributed by atoms with Crippen LogP contribution < -0.4 is 10.6 Å². The van der Waals surface area contributed by atoms with Crippen LogP contribution in [0.25, 0.3) is 11.3 Å². The maximum Gasteiger partial charge on any atom is 0.168 e. The molecule has 24 heavy (non-hydrogen) atoms. The van der Waals surface area contributed by atoms with Gasteiger partial charge in [-0.05, 0) is 56.0 Å². The standard InChI is InChI=1S/C17H17F3N4/c18-11-5-13(17(20)14(19)6-11)15-1-2-16(24-23-15)22-12-3-9-7-21-8-10(9)4-12/h1-2,5-6,9-10,12,21H,3-4,7-8H2,(H,22,24)/t9-,10+,12+. The Labute approximate surface area is 137 Å². The van der Waals surface area contributed by atoms with Crippen LogP contribution in [0.1, 0.15) is 12.8 Å². The van der Waals surface area contributed by atoms with E-state index in [-0.39, 0.29) is 11.3 Å². The lowest BCUT2D eigenvalue weighted by atomic mass is 10.0. The smallest absolute Gasteiger partial charge is 0.168 e. The van der Waals surface area contributed by atoms with Crippen LogP contribution in [0.4, 0.5) is 19.0 Å². The predicted molar refractivity (Wildman–Crippen MR) is 83.8 cm³/mol. The molecule has 2 fully saturated rings. The molecule has 2 aromatic rings. The van der Waals surface area contributed by atoms with Crippen molar-refractivity contribution in [1.82, 2.24) is 15.5 Å². The van der Waals surface area contributed by atoms with Crippen molar-refractivity contribution in [3.63, 3.8) is 0 Å². The second kappa shape index (κ2) is 6.05. The lowest BCUT2D eigenvalue weighted by molar-refractivity contribution is 0.494. The van der Waals surface area contributed by atoms with E-state index in [0.29, 0.717) is 29.8 Å². The number of aromatic nitrogens is 2. The largest absolute Gasteiger partial charge is 0.366 e. The number of hydrogen-bond acceptors (Lipinski definition) is 4. The minimum atomic E-state index is -1.24. The molecule has 1 aromatic carbocycles. The molecule has 0 spiro atoms. The van der Waals surface area contributed by atoms with Gasteiger partial charge in [0.15, 0.2) is 11.6 Å². The van der Waals surface area contributed by atoms with Gasteiger partial charge in [-0.25, -0.2) is 13.2 Å². The number of rotatable bonds is 3. The zero-order valence-corrected chi connectivity index (χ0v) is 12.9. The van der Waals surface area contributed by atoms with Gasteiger partial charge in [-0.1, -0.05) is 0 Å². The molecule has 2 heterocycles. The van der Waals surface area contributed by atoms with Crippen molar-refractivity contribution in [2.24, 2.45) is 11.8 Å². The summed E-state index contributed by atoms with van der Waals surface area (Å²) in [6, 6.07) is 4.96. The average molecular weight is 334 g/mol. The van der Waals surface area contributed by atoms with E-state index >= 15 is 0 Å². The minimum absolute atomic E-state index is 0.101. The molecule has 2 aliphatic rings. The van der Waals surface area contributed by atoms with Gasteiger partial charge in [0.2, 0.25) is 0 Å². The van der Waals surface area contributed by atoms with E-state index in [1.807, 2.05) is 0 Å². The molecule has 126 valence electrons. The van der Waals surface area contributed by atoms with Gasteiger partial charge >= 0.3 is 0 Å². The van der Waals surface area contributed by atoms with Gasteiger partial charge in [0.1, 0.15) is 11.6 Å². The van der Waals surface area contributed by atoms with E-state index in [9.17, 15) is 13.2 Å². The van der Waals surface area contributed by atoms with E-state index in [4.69, 9.17) is 0 Å². The lowest BCUT2D eigenvalue weighted by Crippen LogP contribution is -2.21. The third-order valence-electron chi connectivity index (χ3n) is 4.94. The summed E-state index contributed by atoms with van der Waals surface area (Å²) in [4.78, 5) is 0. The molecule has 1 saturated heterocycles. The molecule has 1 aliphatic heterocycles. The molecule has 1 aliphatic carbocycles. The van der Waals surface area contributed by atoms with Crippen LogP contribution in [-0.2, 0) is 0 Å². The Morgan fingerprint density at radius 1 is 1.00 bits per heavy atom. The van der Waals surface area contributed by atoms with Gasteiger partial charge in [-0.3, -0.25) is 0 Å². The number of nitrogens with zero attached hydrogens (tertiary/aromatic N) is 2. The molecule has 7 heteroatoms. The Morgan fingerprint density at radius 2 is 1.75 bits per heavy atom. The summed E-state index contributed by atoms with van der Waals surface area (Å²) in [5.41, 5.74) is -0.128. The monoisotopic (exact) mass is 334 g/mol. The predicted octanol–water partition coefficient (Wildman–Crippen LogP) is 2.97. The van der Waals surface area contributed by atoms with Gasteiger partial charge < -0.3 is 10.6 Å². The second-order valence-corrected chi connectivity index (χ2v) is 6.54. The van der Waals surface area contributed by atoms with Gasteiger partial charge in [0.25, 0.3) is 0 Å². The number of nitrogens with one attached hydrogen (secondary N) is 2. The Hall–Kier alpha value is -2.15. The fourth-order valence-electron chi connectivity index (χ4n) is 3.79. The highest BCUT2D eigenvalue weighted by molar-refractivity contribution is 5.60. The summed E-state index contributed by atoms with van der Waals surface area (Å²) in [5, 5.41) is 14.7. The number of benzene rings is 1. The van der Waals surface area contributed by atoms with Crippen LogP contribution in [0.2, 0.25) is 0 Å². The van der Waals surface area contributed by atoms with Crippen LogP contribution in [0, 0.1) is 29.3 Å². The molecule has 1 aromatic heterocycles. The van der Waals surface area contributed by atoms with Crippen LogP contribution in [0.5, 0.6) is 0 Å². The van der Waals surface area contributed by atoms with Crippen LogP contribution >= 0.6 is 0 Å². The van der Waals surface area contributed by atoms with Crippen molar-refractivity contribution in [1.29, 1.82) is 0 Å². The zero-order chi connectivity index (χ0) is 16.7. The normalized spacial score (nSPS) is 25.7. The van der Waals surface area contributed by atoms with Crippen LogP contribution in [0.15, 0.2) is 24.3 Å². The fourth-order valence-corrected chi connectivity index (χ4v) is 3.79. The summed E-state index contributed by atoms with van der Waals surface area (Å²) >= 11 is 0. The van der Waals surface area contributed by atoms with E-state index in [1.165, 1.54) is 6.07 Å². The number of halogens is 3. The summed E-state index contributed by atoms with van der Waals surface area (Å²) in [5.74, 6) is -1.20. The first-order valence-corrected chi connectivity index (χ1v) is 8.06. The minimum Gasteiger partial charge on any atom is -0.366 e. The van der Waals surface area contributed by atoms with E-state index in [2.05, 4.69) is 20.8 Å². The van der Waals surface area contributed by atoms with Gasteiger partial charge in [-0.15, -0.1) is 10.2 Å². The molecule has 1 saturated carbocycles. The van der Waals surface area contributed by atoms with Crippen molar-refractivity contribution < 1.29 is 13.2 Å². The van der Waals surface area contributed by atoms with Crippen molar-refractivity contribution >= 4 is 5.82 Å². The molecule has 4 rings (SSSR count). The number of anilines is 1. The molecule has 0 bridgehead atoms. The van der Waals surface area contributed by atoms with Crippen molar-refractivity contribution in [2.45, 2.75) is 18.9 Å². The molecule has 0 amide bonds. The maximum absolute atomic E-state index is 13.8. The quantitative estimate of drug-likeness (QED) is 0.848. The second-order valence-electron chi connectivity index (χ2n) is 6.54. The first-order chi connectivity index (χ1) is 11.6. The van der Waals surface area contributed by atoms with Crippen molar-refractivity contribution in [3.05, 3.63) is 41.7 Å². The van der Waals surface area contributed by atoms with E-state index in [1.54, 1.807) is 6.07 Å². The summed E-state index contributed by atoms with van der Waals surface area (Å²) < 4.78 is 40.4. The molecule has 4 nitrogen and oxygen atoms in total. The topological polar surface area (TPSA) is 49.8 Å². The van der Waals surface area contributed by atoms with Gasteiger partial charge in [0, 0.05) is 17.7 Å². The van der Waals surface area contributed by atoms with Crippen LogP contribution in [-0.4, -0.2) is 29.3 Å². The Morgan fingerprint density at radius 3 is 2.42 bits per heavy atom. The highest BCUT2D eigenvalue weighted by Crippen LogP contribution is 2.35. The SMILES string of the molecule is Fc1cc(F)c(F)c(-c2ccc(N[C@@H]3C[C@H]4CNC[C@H]4C3)nn2)c1. The Balaban J connectivity index is 1.49. The highest BCUT2D eigenvalue weighted by Gasteiger charge is 2.37. The fraction of sp³-hybridized carbons (Fsp3) is 0.412. The Bertz CT molecular complexity index is 738. The van der Waals surface area contributed by atoms with Crippen molar-refractivity contribution in [2.75, 3.05) is 18.4 Å². The molecule has 3 atom stereocenters. The average Bonchev–Trinajstić information content (AvgIpc) is 3.13. The highest BCUT2D eigenvalue weighted by atomic mass is 19.2. The summed E-state index contributed by atoms with van der Waals surface area (Å²) in [7, 11) is 0. The molecule has 2 N–H and O–H groups in total.